The van der Waals surface area contributed by atoms with Crippen LogP contribution in [0.4, 0.5) is 0 Å². The van der Waals surface area contributed by atoms with Crippen LogP contribution in [0.5, 0.6) is 11.5 Å². The Kier molecular flexibility index (Phi) is 4.25. The molecule has 0 aliphatic carbocycles. The molecule has 4 heteroatoms. The van der Waals surface area contributed by atoms with Crippen molar-refractivity contribution in [2.45, 2.75) is 13.3 Å². The molecule has 1 amide bonds. The molecule has 0 radical (unpaired) electrons. The number of nitrogens with one attached hydrogen (secondary N) is 1. The third-order valence-corrected chi connectivity index (χ3v) is 3.02. The molecule has 0 heterocycles. The van der Waals surface area contributed by atoms with E-state index in [1.165, 1.54) is 29.3 Å². The van der Waals surface area contributed by atoms with Crippen molar-refractivity contribution in [3.63, 3.8) is 0 Å². The van der Waals surface area contributed by atoms with Gasteiger partial charge in [-0.25, -0.2) is 0 Å². The maximum atomic E-state index is 11.9. The van der Waals surface area contributed by atoms with E-state index >= 15 is 0 Å². The molecule has 20 heavy (non-hydrogen) atoms. The van der Waals surface area contributed by atoms with E-state index in [1.807, 2.05) is 25.1 Å². The van der Waals surface area contributed by atoms with Crippen molar-refractivity contribution in [2.75, 3.05) is 6.54 Å². The number of phenolic OH excluding ortho intramolecular Hbond substituents is 2. The minimum absolute atomic E-state index is 0.235. The lowest BCUT2D eigenvalue weighted by Crippen LogP contribution is -2.25. The fourth-order valence-electron chi connectivity index (χ4n) is 1.95. The van der Waals surface area contributed by atoms with Gasteiger partial charge in [0.1, 0.15) is 0 Å². The van der Waals surface area contributed by atoms with Gasteiger partial charge in [0.2, 0.25) is 0 Å². The van der Waals surface area contributed by atoms with Gasteiger partial charge in [0.15, 0.2) is 11.5 Å². The Morgan fingerprint density at radius 2 is 1.90 bits per heavy atom. The molecule has 0 aromatic heterocycles. The normalized spacial score (nSPS) is 10.2. The van der Waals surface area contributed by atoms with Gasteiger partial charge in [0.05, 0.1) is 0 Å². The fraction of sp³-hybridized carbons (Fsp3) is 0.188. The number of carbonyl (C=O) groups is 1. The molecule has 0 fully saturated rings. The number of aryl methyl sites for hydroxylation is 1. The summed E-state index contributed by atoms with van der Waals surface area (Å²) in [5, 5.41) is 21.3. The van der Waals surface area contributed by atoms with E-state index in [0.717, 1.165) is 6.42 Å². The third-order valence-electron chi connectivity index (χ3n) is 3.02. The van der Waals surface area contributed by atoms with Crippen LogP contribution in [0.3, 0.4) is 0 Å². The van der Waals surface area contributed by atoms with Gasteiger partial charge in [-0.2, -0.15) is 0 Å². The molecule has 2 aromatic carbocycles. The smallest absolute Gasteiger partial charge is 0.251 e. The van der Waals surface area contributed by atoms with Crippen molar-refractivity contribution in [1.82, 2.24) is 5.32 Å². The predicted molar refractivity (Wildman–Crippen MR) is 77.0 cm³/mol. The van der Waals surface area contributed by atoms with Gasteiger partial charge >= 0.3 is 0 Å². The first-order valence-corrected chi connectivity index (χ1v) is 6.42. The van der Waals surface area contributed by atoms with Crippen LogP contribution in [0, 0.1) is 6.92 Å². The Morgan fingerprint density at radius 1 is 1.10 bits per heavy atom. The summed E-state index contributed by atoms with van der Waals surface area (Å²) in [4.78, 5) is 11.9. The zero-order valence-electron chi connectivity index (χ0n) is 11.3. The van der Waals surface area contributed by atoms with E-state index in [-0.39, 0.29) is 17.4 Å². The SMILES string of the molecule is Cc1cccc(CCNC(=O)c2ccc(O)c(O)c2)c1. The first kappa shape index (κ1) is 13.9. The lowest BCUT2D eigenvalue weighted by Gasteiger charge is -2.07. The minimum Gasteiger partial charge on any atom is -0.504 e. The average molecular weight is 271 g/mol. The Bertz CT molecular complexity index is 623. The molecule has 0 bridgehead atoms. The highest BCUT2D eigenvalue weighted by atomic mass is 16.3. The number of carbonyl (C=O) groups excluding carboxylic acids is 1. The molecule has 0 spiro atoms. The molecule has 2 rings (SSSR count). The quantitative estimate of drug-likeness (QED) is 0.748. The highest BCUT2D eigenvalue weighted by molar-refractivity contribution is 5.94. The molecule has 0 aliphatic rings. The molecule has 0 saturated carbocycles. The van der Waals surface area contributed by atoms with Crippen LogP contribution in [0.2, 0.25) is 0 Å². The third kappa shape index (κ3) is 3.51. The Hall–Kier alpha value is -2.49. The summed E-state index contributed by atoms with van der Waals surface area (Å²) < 4.78 is 0. The van der Waals surface area contributed by atoms with E-state index < -0.39 is 0 Å². The zero-order chi connectivity index (χ0) is 14.5. The molecular formula is C16H17NO3. The Balaban J connectivity index is 1.90. The summed E-state index contributed by atoms with van der Waals surface area (Å²) >= 11 is 0. The number of phenols is 2. The van der Waals surface area contributed by atoms with Crippen molar-refractivity contribution in [2.24, 2.45) is 0 Å². The van der Waals surface area contributed by atoms with Crippen molar-refractivity contribution in [3.8, 4) is 11.5 Å². The standard InChI is InChI=1S/C16H17NO3/c1-11-3-2-4-12(9-11)7-8-17-16(20)13-5-6-14(18)15(19)10-13/h2-6,9-10,18-19H,7-8H2,1H3,(H,17,20). The van der Waals surface area contributed by atoms with Crippen molar-refractivity contribution in [3.05, 3.63) is 59.2 Å². The largest absolute Gasteiger partial charge is 0.504 e. The van der Waals surface area contributed by atoms with Gasteiger partial charge < -0.3 is 15.5 Å². The number of aromatic hydroxyl groups is 2. The number of hydrogen-bond donors (Lipinski definition) is 3. The first-order chi connectivity index (χ1) is 9.56. The second-order valence-electron chi connectivity index (χ2n) is 4.70. The number of rotatable bonds is 4. The summed E-state index contributed by atoms with van der Waals surface area (Å²) in [6.45, 7) is 2.55. The van der Waals surface area contributed by atoms with Gasteiger partial charge in [0, 0.05) is 12.1 Å². The van der Waals surface area contributed by atoms with Crippen LogP contribution in [-0.2, 0) is 6.42 Å². The van der Waals surface area contributed by atoms with Gasteiger partial charge in [0.25, 0.3) is 5.91 Å². The van der Waals surface area contributed by atoms with Gasteiger partial charge in [-0.15, -0.1) is 0 Å². The number of amides is 1. The average Bonchev–Trinajstić information content (AvgIpc) is 2.42. The van der Waals surface area contributed by atoms with E-state index in [9.17, 15) is 15.0 Å². The Labute approximate surface area is 117 Å². The maximum absolute atomic E-state index is 11.9. The summed E-state index contributed by atoms with van der Waals surface area (Å²) in [5.74, 6) is -0.800. The molecule has 4 nitrogen and oxygen atoms in total. The lowest BCUT2D eigenvalue weighted by atomic mass is 10.1. The first-order valence-electron chi connectivity index (χ1n) is 6.42. The summed E-state index contributed by atoms with van der Waals surface area (Å²) in [6.07, 6.45) is 0.748. The molecule has 2 aromatic rings. The summed E-state index contributed by atoms with van der Waals surface area (Å²) in [7, 11) is 0. The van der Waals surface area contributed by atoms with Crippen molar-refractivity contribution >= 4 is 5.91 Å². The molecular weight excluding hydrogens is 254 g/mol. The fourth-order valence-corrected chi connectivity index (χ4v) is 1.95. The second-order valence-corrected chi connectivity index (χ2v) is 4.70. The number of hydrogen-bond acceptors (Lipinski definition) is 3. The van der Waals surface area contributed by atoms with Gasteiger partial charge in [-0.1, -0.05) is 29.8 Å². The van der Waals surface area contributed by atoms with E-state index in [4.69, 9.17) is 0 Å². The lowest BCUT2D eigenvalue weighted by molar-refractivity contribution is 0.0953. The van der Waals surface area contributed by atoms with Crippen LogP contribution in [0.25, 0.3) is 0 Å². The van der Waals surface area contributed by atoms with Gasteiger partial charge in [-0.05, 0) is 37.1 Å². The van der Waals surface area contributed by atoms with Crippen LogP contribution < -0.4 is 5.32 Å². The maximum Gasteiger partial charge on any atom is 0.251 e. The Morgan fingerprint density at radius 3 is 2.60 bits per heavy atom. The van der Waals surface area contributed by atoms with E-state index in [1.54, 1.807) is 0 Å². The molecule has 104 valence electrons. The van der Waals surface area contributed by atoms with Crippen LogP contribution >= 0.6 is 0 Å². The minimum atomic E-state index is -0.295. The highest BCUT2D eigenvalue weighted by Gasteiger charge is 2.08. The van der Waals surface area contributed by atoms with Crippen LogP contribution in [0.1, 0.15) is 21.5 Å². The predicted octanol–water partition coefficient (Wildman–Crippen LogP) is 2.38. The zero-order valence-corrected chi connectivity index (χ0v) is 11.3. The van der Waals surface area contributed by atoms with Crippen LogP contribution in [0.15, 0.2) is 42.5 Å². The molecule has 0 atom stereocenters. The van der Waals surface area contributed by atoms with Crippen LogP contribution in [-0.4, -0.2) is 22.7 Å². The summed E-state index contributed by atoms with van der Waals surface area (Å²) in [6, 6.07) is 12.1. The molecule has 0 saturated heterocycles. The second kappa shape index (κ2) is 6.10. The van der Waals surface area contributed by atoms with E-state index in [0.29, 0.717) is 12.1 Å². The van der Waals surface area contributed by atoms with Crippen molar-refractivity contribution in [1.29, 1.82) is 0 Å². The highest BCUT2D eigenvalue weighted by Crippen LogP contribution is 2.24. The van der Waals surface area contributed by atoms with Crippen molar-refractivity contribution < 1.29 is 15.0 Å². The monoisotopic (exact) mass is 271 g/mol. The summed E-state index contributed by atoms with van der Waals surface area (Å²) in [5.41, 5.74) is 2.68. The topological polar surface area (TPSA) is 69.6 Å². The molecule has 0 aliphatic heterocycles. The molecule has 0 unspecified atom stereocenters. The van der Waals surface area contributed by atoms with E-state index in [2.05, 4.69) is 11.4 Å². The number of benzene rings is 2. The molecule has 3 N–H and O–H groups in total. The van der Waals surface area contributed by atoms with Gasteiger partial charge in [-0.3, -0.25) is 4.79 Å².